The highest BCUT2D eigenvalue weighted by Gasteiger charge is 2.30. The first-order valence-electron chi connectivity index (χ1n) is 5.44. The van der Waals surface area contributed by atoms with E-state index in [1.54, 1.807) is 13.1 Å². The average Bonchev–Trinajstić information content (AvgIpc) is 2.50. The number of halogens is 1. The second-order valence-corrected chi connectivity index (χ2v) is 4.68. The van der Waals surface area contributed by atoms with E-state index in [0.717, 1.165) is 25.3 Å². The van der Waals surface area contributed by atoms with Crippen molar-refractivity contribution in [3.8, 4) is 0 Å². The van der Waals surface area contributed by atoms with Crippen LogP contribution in [-0.2, 0) is 13.6 Å². The molecule has 0 N–H and O–H groups in total. The van der Waals surface area contributed by atoms with Crippen LogP contribution in [0.4, 0.5) is 4.39 Å². The zero-order valence-corrected chi connectivity index (χ0v) is 9.41. The van der Waals surface area contributed by atoms with Crippen LogP contribution in [0.5, 0.6) is 0 Å². The number of likely N-dealkylation sites (tertiary alicyclic amines) is 1. The largest absolute Gasteiger partial charge is 0.337 e. The van der Waals surface area contributed by atoms with Gasteiger partial charge < -0.3 is 4.57 Å². The van der Waals surface area contributed by atoms with Crippen molar-refractivity contribution in [1.29, 1.82) is 0 Å². The van der Waals surface area contributed by atoms with Gasteiger partial charge in [-0.1, -0.05) is 0 Å². The minimum Gasteiger partial charge on any atom is -0.337 e. The van der Waals surface area contributed by atoms with Gasteiger partial charge in [0.15, 0.2) is 0 Å². The Balaban J connectivity index is 1.98. The van der Waals surface area contributed by atoms with Crippen LogP contribution in [0.3, 0.4) is 0 Å². The summed E-state index contributed by atoms with van der Waals surface area (Å²) in [5.74, 6) is 1.01. The van der Waals surface area contributed by atoms with Gasteiger partial charge in [0, 0.05) is 26.0 Å². The molecule has 84 valence electrons. The standard InChI is InChI=1S/C11H18FN3/c1-11(12)4-3-6-15(9-11)8-10-13-5-7-14(10)2/h5,7H,3-4,6,8-9H2,1-2H3. The van der Waals surface area contributed by atoms with E-state index >= 15 is 0 Å². The van der Waals surface area contributed by atoms with E-state index in [9.17, 15) is 4.39 Å². The number of imidazole rings is 1. The fourth-order valence-electron chi connectivity index (χ4n) is 2.18. The molecule has 0 aromatic carbocycles. The maximum absolute atomic E-state index is 13.8. The van der Waals surface area contributed by atoms with Gasteiger partial charge in [0.2, 0.25) is 0 Å². The van der Waals surface area contributed by atoms with Crippen molar-refractivity contribution in [2.24, 2.45) is 7.05 Å². The van der Waals surface area contributed by atoms with E-state index in [2.05, 4.69) is 9.88 Å². The fraction of sp³-hybridized carbons (Fsp3) is 0.727. The molecule has 1 fully saturated rings. The third kappa shape index (κ3) is 2.56. The second kappa shape index (κ2) is 3.93. The minimum atomic E-state index is -1.02. The lowest BCUT2D eigenvalue weighted by Gasteiger charge is -2.34. The third-order valence-electron chi connectivity index (χ3n) is 3.01. The van der Waals surface area contributed by atoms with Crippen molar-refractivity contribution in [2.45, 2.75) is 32.0 Å². The van der Waals surface area contributed by atoms with Gasteiger partial charge in [0.05, 0.1) is 6.54 Å². The SMILES string of the molecule is Cn1ccnc1CN1CCCC(C)(F)C1. The quantitative estimate of drug-likeness (QED) is 0.743. The Hall–Kier alpha value is -0.900. The Kier molecular flexibility index (Phi) is 2.78. The molecule has 15 heavy (non-hydrogen) atoms. The van der Waals surface area contributed by atoms with Crippen molar-refractivity contribution < 1.29 is 4.39 Å². The minimum absolute atomic E-state index is 0.528. The molecule has 1 aliphatic rings. The molecule has 1 saturated heterocycles. The molecule has 2 heterocycles. The number of hydrogen-bond donors (Lipinski definition) is 0. The summed E-state index contributed by atoms with van der Waals surface area (Å²) in [5, 5.41) is 0. The molecule has 3 nitrogen and oxygen atoms in total. The lowest BCUT2D eigenvalue weighted by molar-refractivity contribution is 0.0545. The molecule has 0 amide bonds. The normalized spacial score (nSPS) is 28.2. The second-order valence-electron chi connectivity index (χ2n) is 4.68. The molecule has 0 aliphatic carbocycles. The Morgan fingerprint density at radius 2 is 2.40 bits per heavy atom. The molecule has 4 heteroatoms. The predicted octanol–water partition coefficient (Wildman–Crippen LogP) is 1.74. The van der Waals surface area contributed by atoms with E-state index in [1.165, 1.54) is 0 Å². The summed E-state index contributed by atoms with van der Waals surface area (Å²) in [6, 6.07) is 0. The lowest BCUT2D eigenvalue weighted by Crippen LogP contribution is -2.43. The number of aromatic nitrogens is 2. The van der Waals surface area contributed by atoms with Crippen molar-refractivity contribution in [2.75, 3.05) is 13.1 Å². The van der Waals surface area contributed by atoms with Crippen LogP contribution in [0, 0.1) is 0 Å². The number of aryl methyl sites for hydroxylation is 1. The summed E-state index contributed by atoms with van der Waals surface area (Å²) in [6.45, 7) is 3.95. The Bertz CT molecular complexity index is 332. The zero-order valence-electron chi connectivity index (χ0n) is 9.41. The summed E-state index contributed by atoms with van der Waals surface area (Å²) in [5.41, 5.74) is -1.02. The summed E-state index contributed by atoms with van der Waals surface area (Å²) >= 11 is 0. The van der Waals surface area contributed by atoms with Gasteiger partial charge in [-0.25, -0.2) is 9.37 Å². The maximum atomic E-state index is 13.8. The van der Waals surface area contributed by atoms with Gasteiger partial charge in [-0.3, -0.25) is 4.90 Å². The highest BCUT2D eigenvalue weighted by Crippen LogP contribution is 2.25. The molecule has 1 aliphatic heterocycles. The van der Waals surface area contributed by atoms with Crippen LogP contribution in [0.2, 0.25) is 0 Å². The fourth-order valence-corrected chi connectivity index (χ4v) is 2.18. The number of piperidine rings is 1. The van der Waals surface area contributed by atoms with Crippen LogP contribution in [0.15, 0.2) is 12.4 Å². The Morgan fingerprint density at radius 1 is 1.60 bits per heavy atom. The number of hydrogen-bond acceptors (Lipinski definition) is 2. The molecule has 1 aromatic rings. The smallest absolute Gasteiger partial charge is 0.122 e. The van der Waals surface area contributed by atoms with Crippen molar-refractivity contribution in [3.63, 3.8) is 0 Å². The van der Waals surface area contributed by atoms with Crippen LogP contribution in [0.1, 0.15) is 25.6 Å². The van der Waals surface area contributed by atoms with E-state index in [1.807, 2.05) is 17.8 Å². The van der Waals surface area contributed by atoms with E-state index in [0.29, 0.717) is 13.0 Å². The highest BCUT2D eigenvalue weighted by atomic mass is 19.1. The van der Waals surface area contributed by atoms with Gasteiger partial charge in [-0.05, 0) is 26.3 Å². The van der Waals surface area contributed by atoms with Crippen LogP contribution < -0.4 is 0 Å². The molecule has 2 rings (SSSR count). The molecule has 1 atom stereocenters. The Morgan fingerprint density at radius 3 is 3.00 bits per heavy atom. The highest BCUT2D eigenvalue weighted by molar-refractivity contribution is 4.93. The van der Waals surface area contributed by atoms with Gasteiger partial charge in [-0.2, -0.15) is 0 Å². The van der Waals surface area contributed by atoms with Gasteiger partial charge in [-0.15, -0.1) is 0 Å². The zero-order chi connectivity index (χ0) is 10.9. The monoisotopic (exact) mass is 211 g/mol. The van der Waals surface area contributed by atoms with Crippen LogP contribution >= 0.6 is 0 Å². The first kappa shape index (κ1) is 10.6. The van der Waals surface area contributed by atoms with Crippen LogP contribution in [-0.4, -0.2) is 33.2 Å². The summed E-state index contributed by atoms with van der Waals surface area (Å²) in [7, 11) is 1.97. The molecular weight excluding hydrogens is 193 g/mol. The van der Waals surface area contributed by atoms with Crippen molar-refractivity contribution in [1.82, 2.24) is 14.5 Å². The average molecular weight is 211 g/mol. The molecule has 0 bridgehead atoms. The molecular formula is C11H18FN3. The third-order valence-corrected chi connectivity index (χ3v) is 3.01. The van der Waals surface area contributed by atoms with Crippen molar-refractivity contribution >= 4 is 0 Å². The first-order chi connectivity index (χ1) is 7.07. The first-order valence-corrected chi connectivity index (χ1v) is 5.44. The summed E-state index contributed by atoms with van der Waals surface area (Å²) in [4.78, 5) is 6.40. The topological polar surface area (TPSA) is 21.1 Å². The van der Waals surface area contributed by atoms with Gasteiger partial charge >= 0.3 is 0 Å². The van der Waals surface area contributed by atoms with Crippen LogP contribution in [0.25, 0.3) is 0 Å². The predicted molar refractivity (Wildman–Crippen MR) is 57.2 cm³/mol. The molecule has 0 spiro atoms. The molecule has 1 aromatic heterocycles. The number of rotatable bonds is 2. The number of alkyl halides is 1. The summed E-state index contributed by atoms with van der Waals surface area (Å²) in [6.07, 6.45) is 5.34. The maximum Gasteiger partial charge on any atom is 0.122 e. The van der Waals surface area contributed by atoms with E-state index in [4.69, 9.17) is 0 Å². The summed E-state index contributed by atoms with van der Waals surface area (Å²) < 4.78 is 15.8. The van der Waals surface area contributed by atoms with Crippen molar-refractivity contribution in [3.05, 3.63) is 18.2 Å². The molecule has 0 saturated carbocycles. The molecule has 0 radical (unpaired) electrons. The van der Waals surface area contributed by atoms with E-state index < -0.39 is 5.67 Å². The number of nitrogens with zero attached hydrogens (tertiary/aromatic N) is 3. The molecule has 1 unspecified atom stereocenters. The Labute approximate surface area is 89.9 Å². The lowest BCUT2D eigenvalue weighted by atomic mass is 9.97. The van der Waals surface area contributed by atoms with Gasteiger partial charge in [0.1, 0.15) is 11.5 Å². The van der Waals surface area contributed by atoms with Gasteiger partial charge in [0.25, 0.3) is 0 Å². The van der Waals surface area contributed by atoms with E-state index in [-0.39, 0.29) is 0 Å².